The van der Waals surface area contributed by atoms with E-state index in [1.807, 2.05) is 42.5 Å². The van der Waals surface area contributed by atoms with Gasteiger partial charge in [0.1, 0.15) is 5.75 Å². The van der Waals surface area contributed by atoms with Crippen molar-refractivity contribution in [3.05, 3.63) is 59.7 Å². The van der Waals surface area contributed by atoms with Crippen LogP contribution in [0.1, 0.15) is 30.4 Å². The second-order valence-electron chi connectivity index (χ2n) is 6.63. The van der Waals surface area contributed by atoms with Crippen molar-refractivity contribution in [1.29, 1.82) is 0 Å². The summed E-state index contributed by atoms with van der Waals surface area (Å²) in [5, 5.41) is 0. The molecule has 2 atom stereocenters. The maximum Gasteiger partial charge on any atom is 0.255 e. The van der Waals surface area contributed by atoms with Gasteiger partial charge in [0.15, 0.2) is 6.61 Å². The van der Waals surface area contributed by atoms with Gasteiger partial charge >= 0.3 is 0 Å². The minimum absolute atomic E-state index is 0.146. The molecule has 6 heteroatoms. The largest absolute Gasteiger partial charge is 0.484 e. The maximum absolute atomic E-state index is 11.8. The number of carbonyl (C=O) groups is 2. The first-order chi connectivity index (χ1) is 12.5. The number of carbonyl (C=O) groups excluding carboxylic acids is 2. The predicted molar refractivity (Wildman–Crippen MR) is 99.8 cm³/mol. The van der Waals surface area contributed by atoms with E-state index >= 15 is 0 Å². The average molecular weight is 353 g/mol. The van der Waals surface area contributed by atoms with Gasteiger partial charge in [-0.05, 0) is 42.7 Å². The first kappa shape index (κ1) is 17.8. The van der Waals surface area contributed by atoms with E-state index in [0.717, 1.165) is 16.8 Å². The van der Waals surface area contributed by atoms with Crippen molar-refractivity contribution in [3.63, 3.8) is 0 Å². The zero-order valence-corrected chi connectivity index (χ0v) is 14.7. The first-order valence-corrected chi connectivity index (χ1v) is 8.60. The van der Waals surface area contributed by atoms with Crippen LogP contribution in [-0.2, 0) is 16.1 Å². The summed E-state index contributed by atoms with van der Waals surface area (Å²) in [6.45, 7) is 2.61. The molecular weight excluding hydrogens is 330 g/mol. The number of amides is 2. The fourth-order valence-electron chi connectivity index (χ4n) is 3.47. The van der Waals surface area contributed by atoms with Crippen LogP contribution in [0.25, 0.3) is 0 Å². The second kappa shape index (κ2) is 7.47. The molecule has 1 aliphatic rings. The Morgan fingerprint density at radius 1 is 1.15 bits per heavy atom. The van der Waals surface area contributed by atoms with Crippen LogP contribution in [0.4, 0.5) is 5.69 Å². The molecule has 0 aliphatic carbocycles. The van der Waals surface area contributed by atoms with Gasteiger partial charge in [0.25, 0.3) is 5.91 Å². The molecule has 2 amide bonds. The van der Waals surface area contributed by atoms with Gasteiger partial charge in [0.05, 0.1) is 5.92 Å². The highest BCUT2D eigenvalue weighted by Crippen LogP contribution is 2.39. The summed E-state index contributed by atoms with van der Waals surface area (Å²) in [5.74, 6) is -0.450. The molecule has 1 heterocycles. The van der Waals surface area contributed by atoms with Crippen LogP contribution in [-0.4, -0.2) is 24.5 Å². The summed E-state index contributed by atoms with van der Waals surface area (Å²) in [4.78, 5) is 25.0. The number of nitrogens with two attached hydrogens (primary N) is 2. The van der Waals surface area contributed by atoms with Gasteiger partial charge in [-0.25, -0.2) is 0 Å². The van der Waals surface area contributed by atoms with Crippen LogP contribution in [0, 0.1) is 0 Å². The molecule has 136 valence electrons. The van der Waals surface area contributed by atoms with Crippen molar-refractivity contribution in [3.8, 4) is 5.75 Å². The van der Waals surface area contributed by atoms with Crippen molar-refractivity contribution in [2.75, 3.05) is 11.5 Å². The molecule has 3 rings (SSSR count). The summed E-state index contributed by atoms with van der Waals surface area (Å²) >= 11 is 0. The highest BCUT2D eigenvalue weighted by molar-refractivity contribution is 5.85. The van der Waals surface area contributed by atoms with Gasteiger partial charge in [-0.15, -0.1) is 0 Å². The molecule has 26 heavy (non-hydrogen) atoms. The van der Waals surface area contributed by atoms with Crippen LogP contribution in [0.2, 0.25) is 0 Å². The third-order valence-electron chi connectivity index (χ3n) is 4.71. The van der Waals surface area contributed by atoms with Crippen LogP contribution >= 0.6 is 0 Å². The van der Waals surface area contributed by atoms with Crippen molar-refractivity contribution in [2.45, 2.75) is 31.8 Å². The number of ether oxygens (including phenoxy) is 1. The van der Waals surface area contributed by atoms with Crippen LogP contribution in [0.15, 0.2) is 48.5 Å². The molecule has 0 saturated carbocycles. The van der Waals surface area contributed by atoms with E-state index in [0.29, 0.717) is 18.7 Å². The number of benzene rings is 2. The van der Waals surface area contributed by atoms with Crippen LogP contribution in [0.3, 0.4) is 0 Å². The maximum atomic E-state index is 11.8. The van der Waals surface area contributed by atoms with E-state index < -0.39 is 5.91 Å². The van der Waals surface area contributed by atoms with Gasteiger partial charge in [-0.2, -0.15) is 0 Å². The summed E-state index contributed by atoms with van der Waals surface area (Å²) in [6.07, 6.45) is 0.685. The Balaban J connectivity index is 1.85. The molecule has 6 nitrogen and oxygen atoms in total. The van der Waals surface area contributed by atoms with E-state index in [9.17, 15) is 9.59 Å². The van der Waals surface area contributed by atoms with Gasteiger partial charge in [-0.3, -0.25) is 9.59 Å². The number of hydrogen-bond acceptors (Lipinski definition) is 4. The quantitative estimate of drug-likeness (QED) is 0.829. The third-order valence-corrected chi connectivity index (χ3v) is 4.71. The van der Waals surface area contributed by atoms with Crippen molar-refractivity contribution in [1.82, 2.24) is 0 Å². The van der Waals surface area contributed by atoms with E-state index in [1.165, 1.54) is 0 Å². The molecule has 0 saturated heterocycles. The number of primary amides is 2. The summed E-state index contributed by atoms with van der Waals surface area (Å²) in [6, 6.07) is 15.6. The Hall–Kier alpha value is -3.02. The summed E-state index contributed by atoms with van der Waals surface area (Å²) < 4.78 is 5.39. The smallest absolute Gasteiger partial charge is 0.255 e. The number of nitrogens with zero attached hydrogens (tertiary/aromatic N) is 1. The van der Waals surface area contributed by atoms with Gasteiger partial charge < -0.3 is 21.1 Å². The number of fused-ring (bicyclic) bond motifs is 1. The van der Waals surface area contributed by atoms with E-state index in [2.05, 4.69) is 11.8 Å². The standard InChI is InChI=1S/C20H23N3O3/c1-13-9-17(20(22)25)16-7-2-3-8-18(16)23(13)11-14-5-4-6-15(10-14)26-12-19(21)24/h2-8,10,13,17H,9,11-12H2,1H3,(H2,21,24)(H2,22,25)/t13-,17+/m0/s1. The van der Waals surface area contributed by atoms with E-state index in [-0.39, 0.29) is 24.5 Å². The molecule has 0 bridgehead atoms. The zero-order valence-electron chi connectivity index (χ0n) is 14.7. The molecule has 0 fully saturated rings. The average Bonchev–Trinajstić information content (AvgIpc) is 2.62. The van der Waals surface area contributed by atoms with Gasteiger partial charge in [0, 0.05) is 18.3 Å². The minimum Gasteiger partial charge on any atom is -0.484 e. The molecule has 1 aliphatic heterocycles. The Bertz CT molecular complexity index is 821. The number of hydrogen-bond donors (Lipinski definition) is 2. The highest BCUT2D eigenvalue weighted by Gasteiger charge is 2.32. The van der Waals surface area contributed by atoms with Crippen molar-refractivity contribution in [2.24, 2.45) is 11.5 Å². The topological polar surface area (TPSA) is 98.7 Å². The highest BCUT2D eigenvalue weighted by atomic mass is 16.5. The predicted octanol–water partition coefficient (Wildman–Crippen LogP) is 1.92. The number of anilines is 1. The lowest BCUT2D eigenvalue weighted by molar-refractivity contribution is -0.120. The van der Waals surface area contributed by atoms with Gasteiger partial charge in [-0.1, -0.05) is 30.3 Å². The lowest BCUT2D eigenvalue weighted by atomic mass is 9.85. The minimum atomic E-state index is -0.508. The fraction of sp³-hybridized carbons (Fsp3) is 0.300. The monoisotopic (exact) mass is 353 g/mol. The van der Waals surface area contributed by atoms with Crippen molar-refractivity contribution >= 4 is 17.5 Å². The zero-order chi connectivity index (χ0) is 18.7. The Morgan fingerprint density at radius 2 is 1.92 bits per heavy atom. The third kappa shape index (κ3) is 3.79. The number of rotatable bonds is 6. The van der Waals surface area contributed by atoms with Gasteiger partial charge in [0.2, 0.25) is 5.91 Å². The molecule has 4 N–H and O–H groups in total. The molecule has 0 unspecified atom stereocenters. The molecule has 2 aromatic rings. The Kier molecular flexibility index (Phi) is 5.11. The molecule has 2 aromatic carbocycles. The Labute approximate surface area is 152 Å². The molecule has 0 spiro atoms. The lowest BCUT2D eigenvalue weighted by Gasteiger charge is -2.40. The van der Waals surface area contributed by atoms with E-state index in [1.54, 1.807) is 6.07 Å². The van der Waals surface area contributed by atoms with E-state index in [4.69, 9.17) is 16.2 Å². The number of para-hydroxylation sites is 1. The van der Waals surface area contributed by atoms with Crippen LogP contribution < -0.4 is 21.1 Å². The molecule has 0 radical (unpaired) electrons. The Morgan fingerprint density at radius 3 is 2.65 bits per heavy atom. The normalized spacial score (nSPS) is 18.9. The second-order valence-corrected chi connectivity index (χ2v) is 6.63. The summed E-state index contributed by atoms with van der Waals surface area (Å²) in [7, 11) is 0. The molecule has 0 aromatic heterocycles. The van der Waals surface area contributed by atoms with Crippen LogP contribution in [0.5, 0.6) is 5.75 Å². The lowest BCUT2D eigenvalue weighted by Crippen LogP contribution is -2.41. The van der Waals surface area contributed by atoms with Crippen molar-refractivity contribution < 1.29 is 14.3 Å². The fourth-order valence-corrected chi connectivity index (χ4v) is 3.47. The molecular formula is C20H23N3O3. The SMILES string of the molecule is C[C@H]1C[C@@H](C(N)=O)c2ccccc2N1Cc1cccc(OCC(N)=O)c1. The summed E-state index contributed by atoms with van der Waals surface area (Å²) in [5.41, 5.74) is 13.8. The first-order valence-electron chi connectivity index (χ1n) is 8.60.